The summed E-state index contributed by atoms with van der Waals surface area (Å²) in [5.74, 6) is 1.61. The smallest absolute Gasteiger partial charge is 0.151 e. The number of piperidine rings is 1. The number of ether oxygens (including phenoxy) is 1. The second-order valence-corrected chi connectivity index (χ2v) is 5.98. The molecule has 5 nitrogen and oxygen atoms in total. The summed E-state index contributed by atoms with van der Waals surface area (Å²) in [6, 6.07) is 5.15. The zero-order chi connectivity index (χ0) is 13.8. The van der Waals surface area contributed by atoms with E-state index in [-0.39, 0.29) is 0 Å². The first kappa shape index (κ1) is 13.8. The molecule has 2 aliphatic rings. The average molecular weight is 276 g/mol. The highest BCUT2D eigenvalue weighted by Crippen LogP contribution is 2.20. The van der Waals surface area contributed by atoms with E-state index in [0.29, 0.717) is 18.0 Å². The van der Waals surface area contributed by atoms with Gasteiger partial charge in [-0.2, -0.15) is 5.10 Å². The van der Waals surface area contributed by atoms with Gasteiger partial charge in [-0.05, 0) is 37.3 Å². The minimum atomic E-state index is 0.552. The van der Waals surface area contributed by atoms with Crippen LogP contribution in [0.25, 0.3) is 0 Å². The van der Waals surface area contributed by atoms with Crippen molar-refractivity contribution in [3.05, 3.63) is 18.3 Å². The molecule has 0 radical (unpaired) electrons. The van der Waals surface area contributed by atoms with Crippen LogP contribution in [0, 0.1) is 5.92 Å². The second-order valence-electron chi connectivity index (χ2n) is 5.98. The number of hydrogen-bond acceptors (Lipinski definition) is 5. The van der Waals surface area contributed by atoms with Crippen molar-refractivity contribution in [1.29, 1.82) is 0 Å². The lowest BCUT2D eigenvalue weighted by molar-refractivity contribution is 0.0352. The monoisotopic (exact) mass is 276 g/mol. The van der Waals surface area contributed by atoms with Crippen molar-refractivity contribution < 1.29 is 4.74 Å². The van der Waals surface area contributed by atoms with Crippen LogP contribution in [0.4, 0.5) is 5.82 Å². The third kappa shape index (κ3) is 3.27. The summed E-state index contributed by atoms with van der Waals surface area (Å²) < 4.78 is 5.52. The lowest BCUT2D eigenvalue weighted by atomic mass is 9.95. The standard InChI is InChI=1S/C15H24N4O/c1-12-11-20-9-6-14(12)17-13-4-3-8-19(10-13)15-5-2-7-16-18-15/h2,5,7,12-14,17H,3-4,6,8-11H2,1H3. The average Bonchev–Trinajstić information content (AvgIpc) is 2.51. The third-order valence-corrected chi connectivity index (χ3v) is 4.39. The normalized spacial score (nSPS) is 31.2. The highest BCUT2D eigenvalue weighted by molar-refractivity contribution is 5.37. The van der Waals surface area contributed by atoms with Crippen LogP contribution in [-0.2, 0) is 4.74 Å². The van der Waals surface area contributed by atoms with Crippen LogP contribution in [0.2, 0.25) is 0 Å². The minimum absolute atomic E-state index is 0.552. The third-order valence-electron chi connectivity index (χ3n) is 4.39. The minimum Gasteiger partial charge on any atom is -0.381 e. The molecule has 3 rings (SSSR count). The molecule has 0 spiro atoms. The van der Waals surface area contributed by atoms with Crippen LogP contribution in [0.15, 0.2) is 18.3 Å². The molecular formula is C15H24N4O. The predicted molar refractivity (Wildman–Crippen MR) is 78.8 cm³/mol. The molecule has 1 aromatic heterocycles. The summed E-state index contributed by atoms with van der Waals surface area (Å²) in [5.41, 5.74) is 0. The Morgan fingerprint density at radius 1 is 1.40 bits per heavy atom. The number of aromatic nitrogens is 2. The molecule has 0 saturated carbocycles. The predicted octanol–water partition coefficient (Wildman–Crippen LogP) is 1.46. The molecule has 0 aromatic carbocycles. The molecule has 3 unspecified atom stereocenters. The zero-order valence-corrected chi connectivity index (χ0v) is 12.2. The Kier molecular flexibility index (Phi) is 4.47. The van der Waals surface area contributed by atoms with E-state index in [0.717, 1.165) is 38.5 Å². The van der Waals surface area contributed by atoms with Crippen molar-refractivity contribution >= 4 is 5.82 Å². The van der Waals surface area contributed by atoms with E-state index in [4.69, 9.17) is 4.74 Å². The number of nitrogens with one attached hydrogen (secondary N) is 1. The molecule has 2 aliphatic heterocycles. The van der Waals surface area contributed by atoms with Crippen LogP contribution in [0.1, 0.15) is 26.2 Å². The van der Waals surface area contributed by atoms with Gasteiger partial charge in [0.05, 0.1) is 6.61 Å². The molecule has 0 bridgehead atoms. The maximum absolute atomic E-state index is 5.52. The van der Waals surface area contributed by atoms with Crippen molar-refractivity contribution in [1.82, 2.24) is 15.5 Å². The Hall–Kier alpha value is -1.20. The first-order valence-corrected chi connectivity index (χ1v) is 7.69. The Balaban J connectivity index is 1.58. The summed E-state index contributed by atoms with van der Waals surface area (Å²) in [5, 5.41) is 12.0. The lowest BCUT2D eigenvalue weighted by Crippen LogP contribution is -2.52. The van der Waals surface area contributed by atoms with Gasteiger partial charge in [-0.25, -0.2) is 0 Å². The Morgan fingerprint density at radius 3 is 3.15 bits per heavy atom. The van der Waals surface area contributed by atoms with E-state index in [1.54, 1.807) is 6.20 Å². The summed E-state index contributed by atoms with van der Waals surface area (Å²) in [6.45, 7) is 6.17. The van der Waals surface area contributed by atoms with E-state index in [1.165, 1.54) is 12.8 Å². The largest absolute Gasteiger partial charge is 0.381 e. The van der Waals surface area contributed by atoms with Gasteiger partial charge in [-0.3, -0.25) is 0 Å². The Morgan fingerprint density at radius 2 is 2.35 bits per heavy atom. The van der Waals surface area contributed by atoms with Crippen LogP contribution >= 0.6 is 0 Å². The lowest BCUT2D eigenvalue weighted by Gasteiger charge is -2.38. The maximum Gasteiger partial charge on any atom is 0.151 e. The van der Waals surface area contributed by atoms with Crippen LogP contribution in [-0.4, -0.2) is 48.6 Å². The second kappa shape index (κ2) is 6.50. The van der Waals surface area contributed by atoms with Gasteiger partial charge in [0.15, 0.2) is 5.82 Å². The zero-order valence-electron chi connectivity index (χ0n) is 12.2. The van der Waals surface area contributed by atoms with Gasteiger partial charge < -0.3 is 15.0 Å². The van der Waals surface area contributed by atoms with Crippen molar-refractivity contribution in [2.24, 2.45) is 5.92 Å². The molecule has 20 heavy (non-hydrogen) atoms. The molecule has 0 aliphatic carbocycles. The molecule has 2 saturated heterocycles. The van der Waals surface area contributed by atoms with Crippen LogP contribution < -0.4 is 10.2 Å². The van der Waals surface area contributed by atoms with Gasteiger partial charge >= 0.3 is 0 Å². The van der Waals surface area contributed by atoms with Gasteiger partial charge in [0.25, 0.3) is 0 Å². The van der Waals surface area contributed by atoms with Crippen molar-refractivity contribution in [3.63, 3.8) is 0 Å². The van der Waals surface area contributed by atoms with E-state index in [9.17, 15) is 0 Å². The molecule has 0 amide bonds. The molecular weight excluding hydrogens is 252 g/mol. The fourth-order valence-corrected chi connectivity index (χ4v) is 3.21. The first-order valence-electron chi connectivity index (χ1n) is 7.69. The van der Waals surface area contributed by atoms with E-state index in [1.807, 2.05) is 12.1 Å². The highest BCUT2D eigenvalue weighted by atomic mass is 16.5. The Bertz CT molecular complexity index is 414. The van der Waals surface area contributed by atoms with Crippen molar-refractivity contribution in [2.45, 2.75) is 38.3 Å². The molecule has 110 valence electrons. The fourth-order valence-electron chi connectivity index (χ4n) is 3.21. The van der Waals surface area contributed by atoms with E-state index in [2.05, 4.69) is 27.3 Å². The van der Waals surface area contributed by atoms with Crippen molar-refractivity contribution in [2.75, 3.05) is 31.2 Å². The number of anilines is 1. The first-order chi connectivity index (χ1) is 9.83. The Labute approximate surface area is 120 Å². The van der Waals surface area contributed by atoms with Gasteiger partial charge in [0.2, 0.25) is 0 Å². The quantitative estimate of drug-likeness (QED) is 0.906. The van der Waals surface area contributed by atoms with E-state index >= 15 is 0 Å². The molecule has 1 N–H and O–H groups in total. The van der Waals surface area contributed by atoms with Gasteiger partial charge in [0, 0.05) is 38.0 Å². The summed E-state index contributed by atoms with van der Waals surface area (Å²) in [4.78, 5) is 2.35. The van der Waals surface area contributed by atoms with Crippen LogP contribution in [0.5, 0.6) is 0 Å². The number of rotatable bonds is 3. The van der Waals surface area contributed by atoms with Gasteiger partial charge in [-0.1, -0.05) is 6.92 Å². The molecule has 3 atom stereocenters. The summed E-state index contributed by atoms with van der Waals surface area (Å²) in [7, 11) is 0. The number of nitrogens with zero attached hydrogens (tertiary/aromatic N) is 3. The van der Waals surface area contributed by atoms with E-state index < -0.39 is 0 Å². The summed E-state index contributed by atoms with van der Waals surface area (Å²) in [6.07, 6.45) is 5.32. The fraction of sp³-hybridized carbons (Fsp3) is 0.733. The number of hydrogen-bond donors (Lipinski definition) is 1. The molecule has 2 fully saturated rings. The summed E-state index contributed by atoms with van der Waals surface area (Å²) >= 11 is 0. The highest BCUT2D eigenvalue weighted by Gasteiger charge is 2.27. The van der Waals surface area contributed by atoms with Crippen LogP contribution in [0.3, 0.4) is 0 Å². The molecule has 5 heteroatoms. The SMILES string of the molecule is CC1COCCC1NC1CCCN(c2cccnn2)C1. The van der Waals surface area contributed by atoms with Gasteiger partial charge in [-0.15, -0.1) is 5.10 Å². The van der Waals surface area contributed by atoms with Gasteiger partial charge in [0.1, 0.15) is 0 Å². The topological polar surface area (TPSA) is 50.3 Å². The molecule has 3 heterocycles. The molecule has 1 aromatic rings. The maximum atomic E-state index is 5.52. The van der Waals surface area contributed by atoms with Crippen molar-refractivity contribution in [3.8, 4) is 0 Å².